The molecular weight excluding hydrogens is 419 g/mol. The molecule has 0 radical (unpaired) electrons. The third-order valence-corrected chi connectivity index (χ3v) is 6.80. The Hall–Kier alpha value is -2.04. The average molecular weight is 445 g/mol. The van der Waals surface area contributed by atoms with Gasteiger partial charge in [-0.25, -0.2) is 0 Å². The number of benzene rings is 2. The minimum absolute atomic E-state index is 0.0282. The fourth-order valence-corrected chi connectivity index (χ4v) is 5.99. The quantitative estimate of drug-likeness (QED) is 0.604. The fourth-order valence-electron chi connectivity index (χ4n) is 5.49. The molecule has 2 atom stereocenters. The first kappa shape index (κ1) is 21.2. The van der Waals surface area contributed by atoms with Gasteiger partial charge in [-0.2, -0.15) is 0 Å². The second-order valence-corrected chi connectivity index (χ2v) is 10.6. The number of carbonyl (C=O) groups is 2. The van der Waals surface area contributed by atoms with Gasteiger partial charge in [0.25, 0.3) is 11.8 Å². The highest BCUT2D eigenvalue weighted by atomic mass is 35.5. The van der Waals surface area contributed by atoms with Crippen molar-refractivity contribution in [3.05, 3.63) is 63.6 Å². The Morgan fingerprint density at radius 3 is 2.50 bits per heavy atom. The van der Waals surface area contributed by atoms with Crippen molar-refractivity contribution in [2.45, 2.75) is 46.1 Å². The summed E-state index contributed by atoms with van der Waals surface area (Å²) in [5.74, 6) is -0.398. The van der Waals surface area contributed by atoms with Crippen LogP contribution >= 0.6 is 23.2 Å². The number of nitrogens with zero attached hydrogens (tertiary/aromatic N) is 1. The SMILES string of the molecule is CC1(C)C[C@@H]2C[C@@](C)(CN2C(=O)c2ccccc2NC(=O)c2ccc(Cl)cc2Cl)C1. The zero-order valence-electron chi connectivity index (χ0n) is 17.5. The van der Waals surface area contributed by atoms with Gasteiger partial charge >= 0.3 is 0 Å². The number of nitrogens with one attached hydrogen (secondary N) is 1. The lowest BCUT2D eigenvalue weighted by molar-refractivity contribution is 0.0709. The smallest absolute Gasteiger partial charge is 0.257 e. The molecule has 2 fully saturated rings. The van der Waals surface area contributed by atoms with Crippen molar-refractivity contribution in [2.75, 3.05) is 11.9 Å². The van der Waals surface area contributed by atoms with E-state index in [0.29, 0.717) is 21.8 Å². The molecule has 4 nitrogen and oxygen atoms in total. The molecule has 2 amide bonds. The van der Waals surface area contributed by atoms with E-state index in [-0.39, 0.29) is 33.7 Å². The van der Waals surface area contributed by atoms with Gasteiger partial charge in [-0.3, -0.25) is 9.59 Å². The Morgan fingerprint density at radius 2 is 1.77 bits per heavy atom. The topological polar surface area (TPSA) is 49.4 Å². The van der Waals surface area contributed by atoms with Gasteiger partial charge in [0.2, 0.25) is 0 Å². The maximum absolute atomic E-state index is 13.5. The molecule has 2 aromatic rings. The average Bonchev–Trinajstić information content (AvgIpc) is 2.90. The van der Waals surface area contributed by atoms with Crippen LogP contribution in [0.4, 0.5) is 5.69 Å². The van der Waals surface area contributed by atoms with Gasteiger partial charge in [0, 0.05) is 17.6 Å². The lowest BCUT2D eigenvalue weighted by atomic mass is 9.65. The number of hydrogen-bond acceptors (Lipinski definition) is 2. The molecule has 30 heavy (non-hydrogen) atoms. The van der Waals surface area contributed by atoms with E-state index in [9.17, 15) is 9.59 Å². The molecule has 0 unspecified atom stereocenters. The minimum Gasteiger partial charge on any atom is -0.335 e. The van der Waals surface area contributed by atoms with Crippen molar-refractivity contribution in [3.63, 3.8) is 0 Å². The summed E-state index contributed by atoms with van der Waals surface area (Å²) < 4.78 is 0. The van der Waals surface area contributed by atoms with Crippen molar-refractivity contribution < 1.29 is 9.59 Å². The summed E-state index contributed by atoms with van der Waals surface area (Å²) in [6.07, 6.45) is 3.16. The second kappa shape index (κ2) is 7.58. The van der Waals surface area contributed by atoms with Crippen LogP contribution < -0.4 is 5.32 Å². The molecule has 2 aliphatic rings. The number of para-hydroxylation sites is 1. The van der Waals surface area contributed by atoms with E-state index in [4.69, 9.17) is 23.2 Å². The fraction of sp³-hybridized carbons (Fsp3) is 0.417. The molecule has 1 N–H and O–H groups in total. The highest BCUT2D eigenvalue weighted by Crippen LogP contribution is 2.52. The molecule has 1 aliphatic carbocycles. The van der Waals surface area contributed by atoms with E-state index in [2.05, 4.69) is 26.1 Å². The molecule has 2 aromatic carbocycles. The maximum atomic E-state index is 13.5. The van der Waals surface area contributed by atoms with Crippen molar-refractivity contribution in [2.24, 2.45) is 10.8 Å². The Bertz CT molecular complexity index is 1020. The van der Waals surface area contributed by atoms with Crippen LogP contribution in [-0.2, 0) is 0 Å². The number of amides is 2. The van der Waals surface area contributed by atoms with Gasteiger partial charge < -0.3 is 10.2 Å². The number of halogens is 2. The van der Waals surface area contributed by atoms with Crippen LogP contribution in [0.2, 0.25) is 10.0 Å². The van der Waals surface area contributed by atoms with Crippen molar-refractivity contribution in [1.82, 2.24) is 4.90 Å². The molecule has 1 saturated heterocycles. The molecule has 1 aliphatic heterocycles. The van der Waals surface area contributed by atoms with Crippen LogP contribution in [0.25, 0.3) is 0 Å². The van der Waals surface area contributed by atoms with Crippen molar-refractivity contribution >= 4 is 40.7 Å². The zero-order valence-corrected chi connectivity index (χ0v) is 19.0. The van der Waals surface area contributed by atoms with Gasteiger partial charge in [-0.1, -0.05) is 56.1 Å². The first-order chi connectivity index (χ1) is 14.1. The predicted octanol–water partition coefficient (Wildman–Crippen LogP) is 6.29. The van der Waals surface area contributed by atoms with E-state index in [1.54, 1.807) is 24.3 Å². The maximum Gasteiger partial charge on any atom is 0.257 e. The molecular formula is C24H26Cl2N2O2. The van der Waals surface area contributed by atoms with E-state index >= 15 is 0 Å². The van der Waals surface area contributed by atoms with Crippen LogP contribution in [0, 0.1) is 10.8 Å². The molecule has 0 spiro atoms. The zero-order chi connectivity index (χ0) is 21.7. The molecule has 0 aromatic heterocycles. The van der Waals surface area contributed by atoms with E-state index in [1.807, 2.05) is 17.0 Å². The molecule has 1 saturated carbocycles. The molecule has 1 heterocycles. The van der Waals surface area contributed by atoms with Crippen LogP contribution in [0.1, 0.15) is 60.7 Å². The summed E-state index contributed by atoms with van der Waals surface area (Å²) in [5, 5.41) is 3.60. The summed E-state index contributed by atoms with van der Waals surface area (Å²) in [6, 6.07) is 12.1. The van der Waals surface area contributed by atoms with Gasteiger partial charge in [0.1, 0.15) is 0 Å². The minimum atomic E-state index is -0.370. The summed E-state index contributed by atoms with van der Waals surface area (Å²) in [4.78, 5) is 28.3. The van der Waals surface area contributed by atoms with Gasteiger partial charge in [-0.15, -0.1) is 0 Å². The third kappa shape index (κ3) is 4.08. The van der Waals surface area contributed by atoms with Crippen LogP contribution in [0.3, 0.4) is 0 Å². The van der Waals surface area contributed by atoms with Crippen LogP contribution in [-0.4, -0.2) is 29.3 Å². The van der Waals surface area contributed by atoms with Gasteiger partial charge in [0.05, 0.1) is 21.8 Å². The van der Waals surface area contributed by atoms with Gasteiger partial charge in [-0.05, 0) is 60.4 Å². The monoisotopic (exact) mass is 444 g/mol. The number of carbonyl (C=O) groups excluding carboxylic acids is 2. The summed E-state index contributed by atoms with van der Waals surface area (Å²) in [7, 11) is 0. The van der Waals surface area contributed by atoms with Gasteiger partial charge in [0.15, 0.2) is 0 Å². The summed E-state index contributed by atoms with van der Waals surface area (Å²) in [5.41, 5.74) is 1.69. The lowest BCUT2D eigenvalue weighted by Gasteiger charge is -2.39. The normalized spacial score (nSPS) is 24.6. The second-order valence-electron chi connectivity index (χ2n) is 9.77. The predicted molar refractivity (Wildman–Crippen MR) is 121 cm³/mol. The Morgan fingerprint density at radius 1 is 1.03 bits per heavy atom. The standard InChI is InChI=1S/C24H26Cl2N2O2/c1-23(2)11-16-12-24(3,13-23)14-28(16)22(30)18-6-4-5-7-20(18)27-21(29)17-9-8-15(25)10-19(17)26/h4-10,16H,11-14H2,1-3H3,(H,27,29)/t16-,24-/m1/s1. The molecule has 158 valence electrons. The van der Waals surface area contributed by atoms with Crippen molar-refractivity contribution in [1.29, 1.82) is 0 Å². The number of likely N-dealkylation sites (tertiary alicyclic amines) is 1. The summed E-state index contributed by atoms with van der Waals surface area (Å²) >= 11 is 12.1. The molecule has 6 heteroatoms. The van der Waals surface area contributed by atoms with E-state index in [1.165, 1.54) is 6.07 Å². The Balaban J connectivity index is 1.59. The Kier molecular flexibility index (Phi) is 5.36. The molecule has 2 bridgehead atoms. The number of hydrogen-bond donors (Lipinski definition) is 1. The Labute approximate surface area is 187 Å². The highest BCUT2D eigenvalue weighted by molar-refractivity contribution is 6.37. The van der Waals surface area contributed by atoms with E-state index in [0.717, 1.165) is 25.8 Å². The highest BCUT2D eigenvalue weighted by Gasteiger charge is 2.51. The first-order valence-electron chi connectivity index (χ1n) is 10.2. The van der Waals surface area contributed by atoms with Crippen LogP contribution in [0.5, 0.6) is 0 Å². The summed E-state index contributed by atoms with van der Waals surface area (Å²) in [6.45, 7) is 7.61. The number of fused-ring (bicyclic) bond motifs is 2. The van der Waals surface area contributed by atoms with E-state index < -0.39 is 0 Å². The van der Waals surface area contributed by atoms with Crippen molar-refractivity contribution in [3.8, 4) is 0 Å². The number of anilines is 1. The lowest BCUT2D eigenvalue weighted by Crippen LogP contribution is -2.38. The van der Waals surface area contributed by atoms with Crippen LogP contribution in [0.15, 0.2) is 42.5 Å². The largest absolute Gasteiger partial charge is 0.335 e. The molecule has 4 rings (SSSR count). The third-order valence-electron chi connectivity index (χ3n) is 6.26. The first-order valence-corrected chi connectivity index (χ1v) is 11.0. The number of rotatable bonds is 3.